The summed E-state index contributed by atoms with van der Waals surface area (Å²) in [6, 6.07) is 9.87. The maximum atomic E-state index is 14.3. The first-order valence-electron chi connectivity index (χ1n) is 11.9. The number of halogens is 1. The van der Waals surface area contributed by atoms with Crippen LogP contribution in [0.4, 0.5) is 27.3 Å². The van der Waals surface area contributed by atoms with E-state index >= 15 is 0 Å². The molecule has 1 saturated carbocycles. The van der Waals surface area contributed by atoms with E-state index in [4.69, 9.17) is 4.74 Å². The van der Waals surface area contributed by atoms with Crippen molar-refractivity contribution in [2.24, 2.45) is 0 Å². The average Bonchev–Trinajstić information content (AvgIpc) is 3.70. The van der Waals surface area contributed by atoms with Crippen LogP contribution in [0.15, 0.2) is 48.8 Å². The highest BCUT2D eigenvalue weighted by molar-refractivity contribution is 6.08. The van der Waals surface area contributed by atoms with E-state index in [1.165, 1.54) is 18.3 Å². The minimum atomic E-state index is -0.502. The third kappa shape index (κ3) is 5.77. The molecule has 3 N–H and O–H groups in total. The SMILES string of the molecule is Cc1ncc(NC(=O)c2cc(F)cc(N3CCOCC3)c2)cc1C(=O)Nc1ccc(NC2CC2)nc1. The van der Waals surface area contributed by atoms with Gasteiger partial charge < -0.3 is 25.6 Å². The van der Waals surface area contributed by atoms with E-state index in [-0.39, 0.29) is 11.5 Å². The van der Waals surface area contributed by atoms with Gasteiger partial charge in [-0.15, -0.1) is 0 Å². The Balaban J connectivity index is 1.27. The molecule has 9 nitrogen and oxygen atoms in total. The molecular formula is C26H27FN6O3. The lowest BCUT2D eigenvalue weighted by atomic mass is 10.1. The summed E-state index contributed by atoms with van der Waals surface area (Å²) < 4.78 is 19.6. The third-order valence-corrected chi connectivity index (χ3v) is 6.06. The van der Waals surface area contributed by atoms with Gasteiger partial charge in [-0.2, -0.15) is 0 Å². The summed E-state index contributed by atoms with van der Waals surface area (Å²) in [6.07, 6.45) is 5.35. The third-order valence-electron chi connectivity index (χ3n) is 6.06. The number of rotatable bonds is 7. The van der Waals surface area contributed by atoms with Gasteiger partial charge in [0, 0.05) is 30.4 Å². The number of pyridine rings is 2. The van der Waals surface area contributed by atoms with Gasteiger partial charge in [0.2, 0.25) is 0 Å². The van der Waals surface area contributed by atoms with Crippen LogP contribution in [0.2, 0.25) is 0 Å². The first-order valence-corrected chi connectivity index (χ1v) is 11.9. The topological polar surface area (TPSA) is 108 Å². The normalized spacial score (nSPS) is 15.3. The van der Waals surface area contributed by atoms with Gasteiger partial charge in [-0.05, 0) is 56.2 Å². The number of anilines is 4. The Hall–Kier alpha value is -4.05. The summed E-state index contributed by atoms with van der Waals surface area (Å²) in [5, 5.41) is 8.83. The fourth-order valence-electron chi connectivity index (χ4n) is 3.93. The van der Waals surface area contributed by atoms with Crippen molar-refractivity contribution in [3.63, 3.8) is 0 Å². The zero-order valence-electron chi connectivity index (χ0n) is 19.9. The number of morpholine rings is 1. The number of amides is 2. The molecule has 5 rings (SSSR count). The Morgan fingerprint density at radius 2 is 1.72 bits per heavy atom. The molecule has 0 unspecified atom stereocenters. The van der Waals surface area contributed by atoms with Crippen LogP contribution < -0.4 is 20.9 Å². The van der Waals surface area contributed by atoms with Gasteiger partial charge >= 0.3 is 0 Å². The van der Waals surface area contributed by atoms with Crippen LogP contribution in [0.25, 0.3) is 0 Å². The van der Waals surface area contributed by atoms with Crippen molar-refractivity contribution < 1.29 is 18.7 Å². The number of nitrogens with one attached hydrogen (secondary N) is 3. The first kappa shape index (κ1) is 23.7. The average molecular weight is 491 g/mol. The van der Waals surface area contributed by atoms with Gasteiger partial charge in [0.25, 0.3) is 11.8 Å². The van der Waals surface area contributed by atoms with Crippen LogP contribution in [0.1, 0.15) is 39.3 Å². The summed E-state index contributed by atoms with van der Waals surface area (Å²) in [5.74, 6) is -0.601. The molecule has 10 heteroatoms. The number of hydrogen-bond acceptors (Lipinski definition) is 7. The standard InChI is InChI=1S/C26H27FN6O3/c1-16-23(26(35)31-20-4-5-24(29-14-20)30-19-2-3-19)13-21(15-28-16)32-25(34)17-10-18(27)12-22(11-17)33-6-8-36-9-7-33/h4-5,10-15,19H,2-3,6-9H2,1H3,(H,29,30)(H,31,35)(H,32,34). The highest BCUT2D eigenvalue weighted by atomic mass is 19.1. The molecule has 3 heterocycles. The molecular weight excluding hydrogens is 463 g/mol. The van der Waals surface area contributed by atoms with Gasteiger partial charge in [0.05, 0.1) is 48.2 Å². The molecule has 0 atom stereocenters. The maximum absolute atomic E-state index is 14.3. The van der Waals surface area contributed by atoms with E-state index in [0.717, 1.165) is 18.7 Å². The van der Waals surface area contributed by atoms with Crippen molar-refractivity contribution in [2.45, 2.75) is 25.8 Å². The predicted octanol–water partition coefficient (Wildman–Crippen LogP) is 3.84. The van der Waals surface area contributed by atoms with Gasteiger partial charge in [-0.1, -0.05) is 0 Å². The molecule has 2 aromatic heterocycles. The second-order valence-electron chi connectivity index (χ2n) is 8.91. The molecule has 2 amide bonds. The Labute approximate surface area is 208 Å². The van der Waals surface area contributed by atoms with Crippen molar-refractivity contribution in [2.75, 3.05) is 47.2 Å². The maximum Gasteiger partial charge on any atom is 0.257 e. The van der Waals surface area contributed by atoms with Crippen LogP contribution in [0, 0.1) is 12.7 Å². The number of aryl methyl sites for hydroxylation is 1. The second-order valence-corrected chi connectivity index (χ2v) is 8.91. The Kier molecular flexibility index (Phi) is 6.77. The van der Waals surface area contributed by atoms with Crippen LogP contribution in [0.5, 0.6) is 0 Å². The highest BCUT2D eigenvalue weighted by Gasteiger charge is 2.21. The molecule has 0 bridgehead atoms. The summed E-state index contributed by atoms with van der Waals surface area (Å²) in [5.41, 5.74) is 2.49. The molecule has 186 valence electrons. The van der Waals surface area contributed by atoms with Crippen molar-refractivity contribution in [1.29, 1.82) is 0 Å². The van der Waals surface area contributed by atoms with Crippen LogP contribution in [-0.4, -0.2) is 54.1 Å². The van der Waals surface area contributed by atoms with E-state index in [9.17, 15) is 14.0 Å². The fraction of sp³-hybridized carbons (Fsp3) is 0.308. The molecule has 0 spiro atoms. The molecule has 2 fully saturated rings. The molecule has 1 aromatic carbocycles. The first-order chi connectivity index (χ1) is 17.4. The van der Waals surface area contributed by atoms with E-state index in [0.29, 0.717) is 60.7 Å². The highest BCUT2D eigenvalue weighted by Crippen LogP contribution is 2.24. The summed E-state index contributed by atoms with van der Waals surface area (Å²) in [7, 11) is 0. The number of nitrogens with zero attached hydrogens (tertiary/aromatic N) is 3. The lowest BCUT2D eigenvalue weighted by Gasteiger charge is -2.29. The summed E-state index contributed by atoms with van der Waals surface area (Å²) in [6.45, 7) is 4.06. The number of ether oxygens (including phenoxy) is 1. The monoisotopic (exact) mass is 490 g/mol. The van der Waals surface area contributed by atoms with Crippen molar-refractivity contribution >= 4 is 34.7 Å². The number of benzene rings is 1. The lowest BCUT2D eigenvalue weighted by Crippen LogP contribution is -2.36. The van der Waals surface area contributed by atoms with Crippen molar-refractivity contribution in [3.05, 3.63) is 71.4 Å². The lowest BCUT2D eigenvalue weighted by molar-refractivity contribution is 0.101. The largest absolute Gasteiger partial charge is 0.378 e. The number of aromatic nitrogens is 2. The summed E-state index contributed by atoms with van der Waals surface area (Å²) in [4.78, 5) is 36.4. The van der Waals surface area contributed by atoms with Gasteiger partial charge in [-0.3, -0.25) is 14.6 Å². The second kappa shape index (κ2) is 10.3. The van der Waals surface area contributed by atoms with Gasteiger partial charge in [0.1, 0.15) is 11.6 Å². The van der Waals surface area contributed by atoms with Gasteiger partial charge in [-0.25, -0.2) is 9.37 Å². The molecule has 0 radical (unpaired) electrons. The zero-order valence-corrected chi connectivity index (χ0v) is 19.9. The smallest absolute Gasteiger partial charge is 0.257 e. The molecule has 1 aliphatic carbocycles. The van der Waals surface area contributed by atoms with Crippen molar-refractivity contribution in [1.82, 2.24) is 9.97 Å². The molecule has 2 aliphatic rings. The minimum absolute atomic E-state index is 0.175. The molecule has 1 saturated heterocycles. The fourth-order valence-corrected chi connectivity index (χ4v) is 3.93. The van der Waals surface area contributed by atoms with Crippen LogP contribution >= 0.6 is 0 Å². The van der Waals surface area contributed by atoms with Gasteiger partial charge in [0.15, 0.2) is 0 Å². The van der Waals surface area contributed by atoms with E-state index in [2.05, 4.69) is 25.9 Å². The van der Waals surface area contributed by atoms with E-state index in [1.54, 1.807) is 31.3 Å². The number of carbonyl (C=O) groups excluding carboxylic acids is 2. The molecule has 3 aromatic rings. The Morgan fingerprint density at radius 1 is 0.972 bits per heavy atom. The van der Waals surface area contributed by atoms with E-state index in [1.807, 2.05) is 11.0 Å². The van der Waals surface area contributed by atoms with Crippen LogP contribution in [0.3, 0.4) is 0 Å². The quantitative estimate of drug-likeness (QED) is 0.462. The Morgan fingerprint density at radius 3 is 2.44 bits per heavy atom. The molecule has 36 heavy (non-hydrogen) atoms. The molecule has 1 aliphatic heterocycles. The number of carbonyl (C=O) groups is 2. The van der Waals surface area contributed by atoms with Crippen molar-refractivity contribution in [3.8, 4) is 0 Å². The summed E-state index contributed by atoms with van der Waals surface area (Å²) >= 11 is 0. The number of hydrogen-bond donors (Lipinski definition) is 3. The zero-order chi connectivity index (χ0) is 25.1. The van der Waals surface area contributed by atoms with Crippen LogP contribution in [-0.2, 0) is 4.74 Å². The minimum Gasteiger partial charge on any atom is -0.378 e. The van der Waals surface area contributed by atoms with E-state index < -0.39 is 11.7 Å². The predicted molar refractivity (Wildman–Crippen MR) is 135 cm³/mol. The Bertz CT molecular complexity index is 1270.